The average Bonchev–Trinajstić information content (AvgIpc) is 2.12. The monoisotopic (exact) mass is 207 g/mol. The molecule has 0 aliphatic heterocycles. The predicted molar refractivity (Wildman–Crippen MR) is 61.9 cm³/mol. The normalized spacial score (nSPS) is 14.8. The van der Waals surface area contributed by atoms with E-state index in [0.717, 1.165) is 17.3 Å². The lowest BCUT2D eigenvalue weighted by atomic mass is 9.92. The van der Waals surface area contributed by atoms with Crippen LogP contribution in [0.25, 0.3) is 0 Å². The zero-order chi connectivity index (χ0) is 9.80. The lowest BCUT2D eigenvalue weighted by Crippen LogP contribution is -2.03. The van der Waals surface area contributed by atoms with Crippen molar-refractivity contribution in [2.24, 2.45) is 0 Å². The van der Waals surface area contributed by atoms with Crippen LogP contribution in [0.2, 0.25) is 5.02 Å². The van der Waals surface area contributed by atoms with Gasteiger partial charge in [0.1, 0.15) is 0 Å². The molecule has 74 valence electrons. The Morgan fingerprint density at radius 3 is 2.50 bits per heavy atom. The minimum Gasteiger partial charge on any atom is -0.382 e. The average molecular weight is 208 g/mol. The largest absolute Gasteiger partial charge is 0.382 e. The Morgan fingerprint density at radius 1 is 1.21 bits per heavy atom. The fourth-order valence-electron chi connectivity index (χ4n) is 1.47. The molecule has 1 aliphatic rings. The summed E-state index contributed by atoms with van der Waals surface area (Å²) in [4.78, 5) is 0. The molecular weight excluding hydrogens is 194 g/mol. The zero-order valence-corrected chi connectivity index (χ0v) is 8.85. The maximum absolute atomic E-state index is 5.79. The van der Waals surface area contributed by atoms with E-state index in [9.17, 15) is 0 Å². The van der Waals surface area contributed by atoms with E-state index in [1.54, 1.807) is 5.57 Å². The van der Waals surface area contributed by atoms with Gasteiger partial charge in [-0.15, -0.1) is 0 Å². The van der Waals surface area contributed by atoms with Crippen LogP contribution in [0.3, 0.4) is 0 Å². The Hall–Kier alpha value is -0.950. The van der Waals surface area contributed by atoms with Gasteiger partial charge in [0, 0.05) is 17.3 Å². The second-order valence-corrected chi connectivity index (χ2v) is 4.04. The molecule has 0 saturated heterocycles. The van der Waals surface area contributed by atoms with Crippen LogP contribution < -0.4 is 5.32 Å². The third-order valence-corrected chi connectivity index (χ3v) is 2.79. The Labute approximate surface area is 89.8 Å². The zero-order valence-electron chi connectivity index (χ0n) is 8.09. The Balaban J connectivity index is 1.82. The van der Waals surface area contributed by atoms with E-state index in [0.29, 0.717) is 0 Å². The van der Waals surface area contributed by atoms with E-state index < -0.39 is 0 Å². The molecule has 0 bridgehead atoms. The fraction of sp³-hybridized carbons (Fsp3) is 0.333. The Morgan fingerprint density at radius 2 is 1.93 bits per heavy atom. The van der Waals surface area contributed by atoms with Crippen molar-refractivity contribution in [2.45, 2.75) is 19.3 Å². The van der Waals surface area contributed by atoms with Crippen molar-refractivity contribution in [3.05, 3.63) is 40.9 Å². The molecule has 0 amide bonds. The molecule has 0 heterocycles. The summed E-state index contributed by atoms with van der Waals surface area (Å²) in [5, 5.41) is 4.12. The van der Waals surface area contributed by atoms with Crippen LogP contribution >= 0.6 is 11.6 Å². The van der Waals surface area contributed by atoms with Crippen molar-refractivity contribution in [3.8, 4) is 0 Å². The van der Waals surface area contributed by atoms with Crippen molar-refractivity contribution < 1.29 is 0 Å². The number of hydrogen-bond acceptors (Lipinski definition) is 1. The molecule has 1 aromatic carbocycles. The van der Waals surface area contributed by atoms with E-state index in [1.807, 2.05) is 24.3 Å². The van der Waals surface area contributed by atoms with E-state index in [4.69, 9.17) is 11.6 Å². The van der Waals surface area contributed by atoms with Crippen LogP contribution in [0.5, 0.6) is 0 Å². The number of allylic oxidation sites excluding steroid dienone is 1. The van der Waals surface area contributed by atoms with Gasteiger partial charge in [-0.05, 0) is 43.5 Å². The molecule has 0 atom stereocenters. The molecule has 2 rings (SSSR count). The molecule has 0 radical (unpaired) electrons. The topological polar surface area (TPSA) is 12.0 Å². The molecule has 0 aromatic heterocycles. The van der Waals surface area contributed by atoms with E-state index >= 15 is 0 Å². The van der Waals surface area contributed by atoms with Crippen LogP contribution in [0.4, 0.5) is 5.69 Å². The first-order chi connectivity index (χ1) is 6.84. The summed E-state index contributed by atoms with van der Waals surface area (Å²) < 4.78 is 0. The van der Waals surface area contributed by atoms with Gasteiger partial charge in [0.25, 0.3) is 0 Å². The van der Waals surface area contributed by atoms with Gasteiger partial charge in [0.2, 0.25) is 0 Å². The van der Waals surface area contributed by atoms with Crippen molar-refractivity contribution in [2.75, 3.05) is 11.9 Å². The highest BCUT2D eigenvalue weighted by molar-refractivity contribution is 6.30. The van der Waals surface area contributed by atoms with Crippen LogP contribution in [0.15, 0.2) is 35.9 Å². The smallest absolute Gasteiger partial charge is 0.0407 e. The highest BCUT2D eigenvalue weighted by Gasteiger charge is 2.06. The first-order valence-electron chi connectivity index (χ1n) is 5.02. The quantitative estimate of drug-likeness (QED) is 0.743. The van der Waals surface area contributed by atoms with E-state index in [1.165, 1.54) is 19.3 Å². The summed E-state index contributed by atoms with van der Waals surface area (Å²) in [5.41, 5.74) is 2.72. The van der Waals surface area contributed by atoms with Crippen molar-refractivity contribution in [3.63, 3.8) is 0 Å². The van der Waals surface area contributed by atoms with Gasteiger partial charge in [-0.1, -0.05) is 23.3 Å². The van der Waals surface area contributed by atoms with Crippen molar-refractivity contribution in [1.29, 1.82) is 0 Å². The van der Waals surface area contributed by atoms with Crippen LogP contribution in [-0.2, 0) is 0 Å². The molecule has 2 heteroatoms. The van der Waals surface area contributed by atoms with Gasteiger partial charge >= 0.3 is 0 Å². The standard InChI is InChI=1S/C12H14ClN/c13-11-4-6-12(7-5-11)14-9-8-10-2-1-3-10/h4-8,14H,1-3,9H2. The van der Waals surface area contributed by atoms with Gasteiger partial charge < -0.3 is 5.32 Å². The maximum atomic E-state index is 5.79. The summed E-state index contributed by atoms with van der Waals surface area (Å²) in [5.74, 6) is 0. The third-order valence-electron chi connectivity index (χ3n) is 2.54. The maximum Gasteiger partial charge on any atom is 0.0407 e. The first-order valence-corrected chi connectivity index (χ1v) is 5.40. The number of rotatable bonds is 3. The molecule has 0 unspecified atom stereocenters. The predicted octanol–water partition coefficient (Wildman–Crippen LogP) is 3.86. The van der Waals surface area contributed by atoms with Gasteiger partial charge in [-0.25, -0.2) is 0 Å². The van der Waals surface area contributed by atoms with Gasteiger partial charge in [0.05, 0.1) is 0 Å². The van der Waals surface area contributed by atoms with Crippen LogP contribution in [0.1, 0.15) is 19.3 Å². The van der Waals surface area contributed by atoms with E-state index in [2.05, 4.69) is 11.4 Å². The fourth-order valence-corrected chi connectivity index (χ4v) is 1.59. The third kappa shape index (κ3) is 2.52. The molecule has 1 aromatic rings. The van der Waals surface area contributed by atoms with Crippen LogP contribution in [-0.4, -0.2) is 6.54 Å². The van der Waals surface area contributed by atoms with Gasteiger partial charge in [-0.2, -0.15) is 0 Å². The number of halogens is 1. The number of nitrogens with one attached hydrogen (secondary N) is 1. The molecule has 1 fully saturated rings. The lowest BCUT2D eigenvalue weighted by Gasteiger charge is -2.16. The molecule has 1 nitrogen and oxygen atoms in total. The van der Waals surface area contributed by atoms with Crippen LogP contribution in [0, 0.1) is 0 Å². The Bertz CT molecular complexity index is 321. The highest BCUT2D eigenvalue weighted by Crippen LogP contribution is 2.24. The minimum atomic E-state index is 0.785. The number of benzene rings is 1. The number of anilines is 1. The molecule has 1 saturated carbocycles. The Kier molecular flexibility index (Phi) is 3.10. The molecule has 14 heavy (non-hydrogen) atoms. The lowest BCUT2D eigenvalue weighted by molar-refractivity contribution is 0.659. The summed E-state index contributed by atoms with van der Waals surface area (Å²) in [7, 11) is 0. The minimum absolute atomic E-state index is 0.785. The van der Waals surface area contributed by atoms with Gasteiger partial charge in [0.15, 0.2) is 0 Å². The molecule has 1 N–H and O–H groups in total. The molecule has 1 aliphatic carbocycles. The molecule has 0 spiro atoms. The first kappa shape index (κ1) is 9.60. The summed E-state index contributed by atoms with van der Waals surface area (Å²) >= 11 is 5.79. The summed E-state index contributed by atoms with van der Waals surface area (Å²) in [6.07, 6.45) is 6.25. The molecular formula is C12H14ClN. The van der Waals surface area contributed by atoms with Crippen molar-refractivity contribution >= 4 is 17.3 Å². The van der Waals surface area contributed by atoms with E-state index in [-0.39, 0.29) is 0 Å². The second kappa shape index (κ2) is 4.52. The highest BCUT2D eigenvalue weighted by atomic mass is 35.5. The second-order valence-electron chi connectivity index (χ2n) is 3.60. The number of hydrogen-bond donors (Lipinski definition) is 1. The summed E-state index contributed by atoms with van der Waals surface area (Å²) in [6.45, 7) is 0.928. The van der Waals surface area contributed by atoms with Gasteiger partial charge in [-0.3, -0.25) is 0 Å². The SMILES string of the molecule is Clc1ccc(NCC=C2CCC2)cc1. The van der Waals surface area contributed by atoms with Crippen molar-refractivity contribution in [1.82, 2.24) is 0 Å². The summed E-state index contributed by atoms with van der Waals surface area (Å²) in [6, 6.07) is 7.81.